The lowest BCUT2D eigenvalue weighted by molar-refractivity contribution is -0.140. The molecule has 1 aromatic rings. The third kappa shape index (κ3) is 3.80. The SMILES string of the molecule is C=C(C)C(=O)OCCOC(=O)c1ccc2c(c1)C(=O)N(S(C)(=O)=O)C2=O. The Kier molecular flexibility index (Phi) is 5.26. The number of sulfonamides is 1. The first-order valence-electron chi connectivity index (χ1n) is 7.27. The van der Waals surface area contributed by atoms with Gasteiger partial charge in [0.1, 0.15) is 13.2 Å². The van der Waals surface area contributed by atoms with Crippen LogP contribution in [0.5, 0.6) is 0 Å². The second-order valence-electron chi connectivity index (χ2n) is 5.45. The van der Waals surface area contributed by atoms with Gasteiger partial charge in [0.05, 0.1) is 22.9 Å². The van der Waals surface area contributed by atoms with Crippen molar-refractivity contribution in [3.8, 4) is 0 Å². The Hall–Kier alpha value is -3.01. The minimum Gasteiger partial charge on any atom is -0.459 e. The molecule has 1 aliphatic rings. The van der Waals surface area contributed by atoms with Crippen LogP contribution in [-0.4, -0.2) is 55.9 Å². The second-order valence-corrected chi connectivity index (χ2v) is 7.28. The maximum absolute atomic E-state index is 12.1. The normalized spacial score (nSPS) is 13.4. The Morgan fingerprint density at radius 1 is 1.08 bits per heavy atom. The van der Waals surface area contributed by atoms with Crippen molar-refractivity contribution in [2.75, 3.05) is 19.5 Å². The maximum Gasteiger partial charge on any atom is 0.338 e. The van der Waals surface area contributed by atoms with Crippen molar-refractivity contribution in [2.24, 2.45) is 0 Å². The van der Waals surface area contributed by atoms with Crippen molar-refractivity contribution < 1.29 is 37.1 Å². The van der Waals surface area contributed by atoms with Gasteiger partial charge in [-0.3, -0.25) is 9.59 Å². The molecular weight excluding hydrogens is 366 g/mol. The van der Waals surface area contributed by atoms with E-state index >= 15 is 0 Å². The van der Waals surface area contributed by atoms with Crippen LogP contribution in [0.3, 0.4) is 0 Å². The van der Waals surface area contributed by atoms with Crippen LogP contribution in [0, 0.1) is 0 Å². The predicted octanol–water partition coefficient (Wildman–Crippen LogP) is 0.518. The number of fused-ring (bicyclic) bond motifs is 1. The molecule has 1 aliphatic heterocycles. The molecule has 0 aliphatic carbocycles. The number of carbonyl (C=O) groups is 4. The van der Waals surface area contributed by atoms with Gasteiger partial charge in [0.15, 0.2) is 0 Å². The summed E-state index contributed by atoms with van der Waals surface area (Å²) < 4.78 is 32.9. The fourth-order valence-corrected chi connectivity index (χ4v) is 2.92. The molecule has 0 aromatic heterocycles. The number of ether oxygens (including phenoxy) is 2. The average molecular weight is 381 g/mol. The Morgan fingerprint density at radius 2 is 1.65 bits per heavy atom. The molecule has 0 spiro atoms. The number of carbonyl (C=O) groups excluding carboxylic acids is 4. The largest absolute Gasteiger partial charge is 0.459 e. The smallest absolute Gasteiger partial charge is 0.338 e. The van der Waals surface area contributed by atoms with Gasteiger partial charge in [-0.05, 0) is 25.1 Å². The summed E-state index contributed by atoms with van der Waals surface area (Å²) >= 11 is 0. The fourth-order valence-electron chi connectivity index (χ4n) is 2.12. The van der Waals surface area contributed by atoms with E-state index in [0.717, 1.165) is 12.3 Å². The van der Waals surface area contributed by atoms with E-state index in [1.54, 1.807) is 0 Å². The van der Waals surface area contributed by atoms with Gasteiger partial charge >= 0.3 is 11.9 Å². The van der Waals surface area contributed by atoms with E-state index in [9.17, 15) is 27.6 Å². The Bertz CT molecular complexity index is 932. The molecule has 9 nitrogen and oxygen atoms in total. The summed E-state index contributed by atoms with van der Waals surface area (Å²) in [5.41, 5.74) is -0.170. The van der Waals surface area contributed by atoms with Gasteiger partial charge in [-0.1, -0.05) is 6.58 Å². The van der Waals surface area contributed by atoms with Crippen LogP contribution in [0.1, 0.15) is 38.0 Å². The van der Waals surface area contributed by atoms with Crippen LogP contribution in [0.2, 0.25) is 0 Å². The Labute approximate surface area is 149 Å². The van der Waals surface area contributed by atoms with Crippen LogP contribution in [0.25, 0.3) is 0 Å². The van der Waals surface area contributed by atoms with Crippen molar-refractivity contribution >= 4 is 33.8 Å². The molecule has 138 valence electrons. The molecule has 0 atom stereocenters. The first kappa shape index (κ1) is 19.3. The predicted molar refractivity (Wildman–Crippen MR) is 87.8 cm³/mol. The van der Waals surface area contributed by atoms with Crippen molar-refractivity contribution in [3.05, 3.63) is 47.0 Å². The van der Waals surface area contributed by atoms with E-state index in [2.05, 4.69) is 6.58 Å². The zero-order valence-electron chi connectivity index (χ0n) is 14.0. The Morgan fingerprint density at radius 3 is 2.23 bits per heavy atom. The molecule has 0 fully saturated rings. The monoisotopic (exact) mass is 381 g/mol. The number of hydrogen-bond donors (Lipinski definition) is 0. The molecule has 0 bridgehead atoms. The van der Waals surface area contributed by atoms with Gasteiger partial charge in [0, 0.05) is 5.57 Å². The molecule has 0 saturated carbocycles. The first-order valence-corrected chi connectivity index (χ1v) is 9.11. The topological polar surface area (TPSA) is 124 Å². The number of nitrogens with zero attached hydrogens (tertiary/aromatic N) is 1. The third-order valence-electron chi connectivity index (χ3n) is 3.31. The molecule has 10 heteroatoms. The first-order chi connectivity index (χ1) is 12.0. The van der Waals surface area contributed by atoms with Gasteiger partial charge in [-0.15, -0.1) is 0 Å². The van der Waals surface area contributed by atoms with E-state index < -0.39 is 33.8 Å². The Balaban J connectivity index is 2.08. The summed E-state index contributed by atoms with van der Waals surface area (Å²) in [5, 5.41) is 0. The van der Waals surface area contributed by atoms with Gasteiger partial charge in [-0.25, -0.2) is 18.0 Å². The molecule has 0 N–H and O–H groups in total. The standard InChI is InChI=1S/C16H15NO8S/c1-9(2)15(20)24-6-7-25-16(21)10-4-5-11-12(8-10)14(19)17(13(11)18)26(3,22)23/h4-5,8H,1,6-7H2,2-3H3. The molecule has 1 heterocycles. The van der Waals surface area contributed by atoms with Gasteiger partial charge < -0.3 is 9.47 Å². The third-order valence-corrected chi connectivity index (χ3v) is 4.31. The van der Waals surface area contributed by atoms with E-state index in [-0.39, 0.29) is 39.8 Å². The number of esters is 2. The van der Waals surface area contributed by atoms with Crippen molar-refractivity contribution in [1.82, 2.24) is 4.31 Å². The maximum atomic E-state index is 12.1. The molecule has 2 amide bonds. The number of imide groups is 1. The highest BCUT2D eigenvalue weighted by atomic mass is 32.2. The highest BCUT2D eigenvalue weighted by Crippen LogP contribution is 2.26. The lowest BCUT2D eigenvalue weighted by Crippen LogP contribution is -2.35. The van der Waals surface area contributed by atoms with E-state index in [0.29, 0.717) is 0 Å². The lowest BCUT2D eigenvalue weighted by Gasteiger charge is -2.09. The summed E-state index contributed by atoms with van der Waals surface area (Å²) in [5.74, 6) is -3.45. The van der Waals surface area contributed by atoms with Crippen molar-refractivity contribution in [2.45, 2.75) is 6.92 Å². The summed E-state index contributed by atoms with van der Waals surface area (Å²) in [6.45, 7) is 4.46. The molecule has 2 rings (SSSR count). The quantitative estimate of drug-likeness (QED) is 0.302. The zero-order chi connectivity index (χ0) is 19.6. The molecule has 1 aromatic carbocycles. The summed E-state index contributed by atoms with van der Waals surface area (Å²) in [4.78, 5) is 47.3. The molecule has 26 heavy (non-hydrogen) atoms. The molecule has 0 unspecified atom stereocenters. The highest BCUT2D eigenvalue weighted by molar-refractivity contribution is 7.89. The van der Waals surface area contributed by atoms with Crippen molar-refractivity contribution in [1.29, 1.82) is 0 Å². The number of benzene rings is 1. The van der Waals surface area contributed by atoms with Gasteiger partial charge in [0.25, 0.3) is 11.8 Å². The highest BCUT2D eigenvalue weighted by Gasteiger charge is 2.41. The summed E-state index contributed by atoms with van der Waals surface area (Å²) in [6, 6.07) is 3.50. The lowest BCUT2D eigenvalue weighted by atomic mass is 10.1. The summed E-state index contributed by atoms with van der Waals surface area (Å²) in [7, 11) is -4.07. The number of hydrogen-bond acceptors (Lipinski definition) is 8. The van der Waals surface area contributed by atoms with E-state index in [1.165, 1.54) is 19.1 Å². The molecule has 0 radical (unpaired) electrons. The number of rotatable bonds is 6. The minimum absolute atomic E-state index is 0.0496. The zero-order valence-corrected chi connectivity index (χ0v) is 14.8. The van der Waals surface area contributed by atoms with Crippen LogP contribution >= 0.6 is 0 Å². The van der Waals surface area contributed by atoms with Crippen molar-refractivity contribution in [3.63, 3.8) is 0 Å². The van der Waals surface area contributed by atoms with Gasteiger partial charge in [-0.2, -0.15) is 4.31 Å². The summed E-state index contributed by atoms with van der Waals surface area (Å²) in [6.07, 6.45) is 0.732. The van der Waals surface area contributed by atoms with E-state index in [1.807, 2.05) is 0 Å². The van der Waals surface area contributed by atoms with Crippen LogP contribution in [0.4, 0.5) is 0 Å². The van der Waals surface area contributed by atoms with E-state index in [4.69, 9.17) is 9.47 Å². The number of amides is 2. The average Bonchev–Trinajstić information content (AvgIpc) is 2.81. The van der Waals surface area contributed by atoms with Crippen LogP contribution in [0.15, 0.2) is 30.4 Å². The van der Waals surface area contributed by atoms with Crippen LogP contribution in [-0.2, 0) is 24.3 Å². The second kappa shape index (κ2) is 7.08. The minimum atomic E-state index is -4.07. The molecular formula is C16H15NO8S. The van der Waals surface area contributed by atoms with Crippen LogP contribution < -0.4 is 0 Å². The fraction of sp³-hybridized carbons (Fsp3) is 0.250. The molecule has 0 saturated heterocycles. The van der Waals surface area contributed by atoms with Gasteiger partial charge in [0.2, 0.25) is 10.0 Å².